The molecule has 1 aliphatic rings. The summed E-state index contributed by atoms with van der Waals surface area (Å²) in [5.74, 6) is 0.859. The van der Waals surface area contributed by atoms with Crippen molar-refractivity contribution in [2.24, 2.45) is 5.92 Å². The summed E-state index contributed by atoms with van der Waals surface area (Å²) in [7, 11) is 1.32. The highest BCUT2D eigenvalue weighted by molar-refractivity contribution is 6.04. The van der Waals surface area contributed by atoms with Crippen molar-refractivity contribution >= 4 is 23.4 Å². The van der Waals surface area contributed by atoms with Gasteiger partial charge in [0, 0.05) is 25.0 Å². The van der Waals surface area contributed by atoms with Crippen molar-refractivity contribution in [3.8, 4) is 0 Å². The fourth-order valence-corrected chi connectivity index (χ4v) is 3.15. The first kappa shape index (κ1) is 17.9. The van der Waals surface area contributed by atoms with Gasteiger partial charge in [-0.2, -0.15) is 0 Å². The number of carbonyl (C=O) groups excluding carboxylic acids is 2. The summed E-state index contributed by atoms with van der Waals surface area (Å²) < 4.78 is 4.69. The molecule has 3 rings (SSSR count). The molecule has 2 aromatic rings. The van der Waals surface area contributed by atoms with E-state index in [0.717, 1.165) is 18.9 Å². The molecule has 0 saturated carbocycles. The van der Waals surface area contributed by atoms with Crippen molar-refractivity contribution in [3.05, 3.63) is 53.7 Å². The molecular weight excluding hydrogens is 330 g/mol. The fraction of sp³-hybridized carbons (Fsp3) is 0.350. The van der Waals surface area contributed by atoms with Gasteiger partial charge in [-0.25, -0.2) is 9.78 Å². The topological polar surface area (TPSA) is 71.5 Å². The number of pyridine rings is 1. The maximum Gasteiger partial charge on any atom is 0.337 e. The second-order valence-corrected chi connectivity index (χ2v) is 6.62. The molecule has 2 heterocycles. The Labute approximate surface area is 153 Å². The lowest BCUT2D eigenvalue weighted by Gasteiger charge is -2.31. The molecule has 6 nitrogen and oxygen atoms in total. The molecule has 1 N–H and O–H groups in total. The zero-order valence-electron chi connectivity index (χ0n) is 15.1. The van der Waals surface area contributed by atoms with E-state index in [0.29, 0.717) is 22.7 Å². The van der Waals surface area contributed by atoms with E-state index in [2.05, 4.69) is 22.1 Å². The maximum absolute atomic E-state index is 12.4. The Morgan fingerprint density at radius 2 is 2.08 bits per heavy atom. The Bertz CT molecular complexity index is 789. The third-order valence-electron chi connectivity index (χ3n) is 4.53. The minimum atomic E-state index is -0.442. The van der Waals surface area contributed by atoms with Gasteiger partial charge < -0.3 is 15.0 Å². The van der Waals surface area contributed by atoms with E-state index < -0.39 is 5.97 Å². The number of benzene rings is 1. The Morgan fingerprint density at radius 1 is 1.23 bits per heavy atom. The summed E-state index contributed by atoms with van der Waals surface area (Å²) in [6.45, 7) is 4.25. The number of aromatic nitrogens is 1. The van der Waals surface area contributed by atoms with Crippen LogP contribution in [0.2, 0.25) is 0 Å². The van der Waals surface area contributed by atoms with E-state index in [1.807, 2.05) is 6.07 Å². The van der Waals surface area contributed by atoms with Gasteiger partial charge in [-0.05, 0) is 49.1 Å². The summed E-state index contributed by atoms with van der Waals surface area (Å²) in [6.07, 6.45) is 4.01. The van der Waals surface area contributed by atoms with Crippen LogP contribution in [0.15, 0.2) is 42.6 Å². The first-order chi connectivity index (χ1) is 12.6. The molecule has 1 atom stereocenters. The summed E-state index contributed by atoms with van der Waals surface area (Å²) in [5, 5.41) is 2.78. The van der Waals surface area contributed by atoms with Crippen LogP contribution in [0.1, 0.15) is 40.5 Å². The minimum absolute atomic E-state index is 0.266. The van der Waals surface area contributed by atoms with Crippen molar-refractivity contribution < 1.29 is 14.3 Å². The fourth-order valence-electron chi connectivity index (χ4n) is 3.15. The number of esters is 1. The number of amides is 1. The van der Waals surface area contributed by atoms with Crippen molar-refractivity contribution in [1.29, 1.82) is 0 Å². The molecule has 0 bridgehead atoms. The summed E-state index contributed by atoms with van der Waals surface area (Å²) in [5.41, 5.74) is 1.40. The van der Waals surface area contributed by atoms with Crippen LogP contribution in [0.5, 0.6) is 0 Å². The number of nitrogens with one attached hydrogen (secondary N) is 1. The lowest BCUT2D eigenvalue weighted by molar-refractivity contribution is 0.0600. The zero-order chi connectivity index (χ0) is 18.5. The number of piperidine rings is 1. The van der Waals surface area contributed by atoms with Gasteiger partial charge in [0.1, 0.15) is 5.82 Å². The van der Waals surface area contributed by atoms with Crippen LogP contribution >= 0.6 is 0 Å². The average Bonchev–Trinajstić information content (AvgIpc) is 2.67. The van der Waals surface area contributed by atoms with Crippen LogP contribution in [0.3, 0.4) is 0 Å². The Hall–Kier alpha value is -2.89. The predicted molar refractivity (Wildman–Crippen MR) is 101 cm³/mol. The molecule has 1 aliphatic heterocycles. The summed E-state index contributed by atoms with van der Waals surface area (Å²) in [4.78, 5) is 30.7. The average molecular weight is 353 g/mol. The van der Waals surface area contributed by atoms with Crippen molar-refractivity contribution in [2.45, 2.75) is 19.8 Å². The second kappa shape index (κ2) is 7.99. The highest BCUT2D eigenvalue weighted by Crippen LogP contribution is 2.21. The first-order valence-corrected chi connectivity index (χ1v) is 8.77. The number of ether oxygens (including phenoxy) is 1. The highest BCUT2D eigenvalue weighted by atomic mass is 16.5. The number of carbonyl (C=O) groups is 2. The molecule has 1 unspecified atom stereocenters. The monoisotopic (exact) mass is 353 g/mol. The van der Waals surface area contributed by atoms with Crippen molar-refractivity contribution in [2.75, 3.05) is 30.4 Å². The van der Waals surface area contributed by atoms with Crippen LogP contribution < -0.4 is 10.2 Å². The number of hydrogen-bond acceptors (Lipinski definition) is 5. The lowest BCUT2D eigenvalue weighted by atomic mass is 10.0. The molecule has 6 heteroatoms. The van der Waals surface area contributed by atoms with Gasteiger partial charge in [-0.1, -0.05) is 13.0 Å². The van der Waals surface area contributed by atoms with Crippen molar-refractivity contribution in [1.82, 2.24) is 4.98 Å². The van der Waals surface area contributed by atoms with Gasteiger partial charge in [-0.15, -0.1) is 0 Å². The van der Waals surface area contributed by atoms with E-state index >= 15 is 0 Å². The Balaban J connectivity index is 1.67. The number of hydrogen-bond donors (Lipinski definition) is 1. The molecule has 1 saturated heterocycles. The molecule has 136 valence electrons. The minimum Gasteiger partial charge on any atom is -0.465 e. The molecule has 1 fully saturated rings. The standard InChI is InChI=1S/C20H23N3O3/c1-14-5-4-10-23(13-14)18-9-8-16(12-21-18)19(24)22-17-7-3-6-15(11-17)20(25)26-2/h3,6-9,11-12,14H,4-5,10,13H2,1-2H3,(H,22,24). The van der Waals surface area contributed by atoms with Gasteiger partial charge in [-0.3, -0.25) is 4.79 Å². The molecule has 1 aromatic carbocycles. The molecule has 26 heavy (non-hydrogen) atoms. The van der Waals surface area contributed by atoms with E-state index in [1.165, 1.54) is 20.0 Å². The van der Waals surface area contributed by atoms with Gasteiger partial charge in [0.15, 0.2) is 0 Å². The lowest BCUT2D eigenvalue weighted by Crippen LogP contribution is -2.34. The Morgan fingerprint density at radius 3 is 2.77 bits per heavy atom. The first-order valence-electron chi connectivity index (χ1n) is 8.77. The summed E-state index contributed by atoms with van der Waals surface area (Å²) >= 11 is 0. The van der Waals surface area contributed by atoms with Gasteiger partial charge in [0.05, 0.1) is 18.2 Å². The van der Waals surface area contributed by atoms with Crippen LogP contribution in [0.25, 0.3) is 0 Å². The van der Waals surface area contributed by atoms with Gasteiger partial charge in [0.25, 0.3) is 5.91 Å². The largest absolute Gasteiger partial charge is 0.465 e. The van der Waals surface area contributed by atoms with Crippen LogP contribution in [0, 0.1) is 5.92 Å². The summed E-state index contributed by atoms with van der Waals surface area (Å²) in [6, 6.07) is 10.3. The molecular formula is C20H23N3O3. The van der Waals surface area contributed by atoms with E-state index in [-0.39, 0.29) is 5.91 Å². The Kier molecular flexibility index (Phi) is 5.51. The molecule has 0 spiro atoms. The highest BCUT2D eigenvalue weighted by Gasteiger charge is 2.18. The number of anilines is 2. The zero-order valence-corrected chi connectivity index (χ0v) is 15.1. The molecule has 0 aliphatic carbocycles. The van der Waals surface area contributed by atoms with Crippen LogP contribution in [0.4, 0.5) is 11.5 Å². The van der Waals surface area contributed by atoms with Crippen LogP contribution in [-0.2, 0) is 4.74 Å². The van der Waals surface area contributed by atoms with Crippen molar-refractivity contribution in [3.63, 3.8) is 0 Å². The van der Waals surface area contributed by atoms with E-state index in [4.69, 9.17) is 4.74 Å². The smallest absolute Gasteiger partial charge is 0.337 e. The second-order valence-electron chi connectivity index (χ2n) is 6.62. The quantitative estimate of drug-likeness (QED) is 0.854. The number of nitrogens with zero attached hydrogens (tertiary/aromatic N) is 2. The maximum atomic E-state index is 12.4. The van der Waals surface area contributed by atoms with Gasteiger partial charge >= 0.3 is 5.97 Å². The van der Waals surface area contributed by atoms with E-state index in [9.17, 15) is 9.59 Å². The molecule has 1 amide bonds. The number of rotatable bonds is 4. The molecule has 0 radical (unpaired) electrons. The normalized spacial score (nSPS) is 16.8. The third kappa shape index (κ3) is 4.20. The predicted octanol–water partition coefficient (Wildman–Crippen LogP) is 3.36. The van der Waals surface area contributed by atoms with Gasteiger partial charge in [0.2, 0.25) is 0 Å². The molecule has 1 aromatic heterocycles. The number of methoxy groups -OCH3 is 1. The van der Waals surface area contributed by atoms with E-state index in [1.54, 1.807) is 36.5 Å². The SMILES string of the molecule is COC(=O)c1cccc(NC(=O)c2ccc(N3CCCC(C)C3)nc2)c1. The third-order valence-corrected chi connectivity index (χ3v) is 4.53. The van der Waals surface area contributed by atoms with Crippen LogP contribution in [-0.4, -0.2) is 37.1 Å².